The fourth-order valence-electron chi connectivity index (χ4n) is 2.31. The van der Waals surface area contributed by atoms with E-state index in [0.717, 1.165) is 33.0 Å². The largest absolute Gasteiger partial charge is 0.313 e. The molecular formula is C16H16N2O3S2. The number of carbonyl (C=O) groups is 2. The maximum atomic E-state index is 12.3. The summed E-state index contributed by atoms with van der Waals surface area (Å²) in [6, 6.07) is 9.68. The summed E-state index contributed by atoms with van der Waals surface area (Å²) in [5, 5.41) is 0.168. The molecule has 1 aliphatic heterocycles. The van der Waals surface area contributed by atoms with Crippen molar-refractivity contribution in [1.29, 1.82) is 0 Å². The van der Waals surface area contributed by atoms with Crippen LogP contribution in [0.3, 0.4) is 0 Å². The molecule has 120 valence electrons. The molecule has 2 aromatic rings. The lowest BCUT2D eigenvalue weighted by Crippen LogP contribution is -2.33. The number of hydroxylamine groups is 2. The average Bonchev–Trinajstić information content (AvgIpc) is 3.06. The molecule has 3 rings (SSSR count). The molecule has 2 amide bonds. The monoisotopic (exact) mass is 348 g/mol. The van der Waals surface area contributed by atoms with Gasteiger partial charge in [-0.25, -0.2) is 4.98 Å². The molecule has 1 unspecified atom stereocenters. The first-order chi connectivity index (χ1) is 11.1. The van der Waals surface area contributed by atoms with E-state index in [-0.39, 0.29) is 11.1 Å². The Morgan fingerprint density at radius 2 is 2.04 bits per heavy atom. The van der Waals surface area contributed by atoms with Crippen LogP contribution in [-0.4, -0.2) is 33.1 Å². The Kier molecular flexibility index (Phi) is 5.09. The van der Waals surface area contributed by atoms with Gasteiger partial charge in [-0.05, 0) is 30.7 Å². The summed E-state index contributed by atoms with van der Waals surface area (Å²) >= 11 is 2.58. The zero-order chi connectivity index (χ0) is 16.2. The molecule has 0 bridgehead atoms. The Hall–Kier alpha value is -1.70. The van der Waals surface area contributed by atoms with E-state index in [9.17, 15) is 9.59 Å². The molecule has 1 aliphatic rings. The highest BCUT2D eigenvalue weighted by molar-refractivity contribution is 8.15. The predicted molar refractivity (Wildman–Crippen MR) is 90.3 cm³/mol. The van der Waals surface area contributed by atoms with Crippen LogP contribution in [0.1, 0.15) is 16.1 Å². The SMILES string of the molecule is Cc1ncsc1CCON1C(=O)SC(Cc2ccccc2)C1=O. The summed E-state index contributed by atoms with van der Waals surface area (Å²) in [7, 11) is 0. The van der Waals surface area contributed by atoms with Crippen LogP contribution in [-0.2, 0) is 22.5 Å². The minimum Gasteiger partial charge on any atom is -0.271 e. The Morgan fingerprint density at radius 3 is 2.74 bits per heavy atom. The smallest absolute Gasteiger partial charge is 0.271 e. The van der Waals surface area contributed by atoms with E-state index in [2.05, 4.69) is 4.98 Å². The van der Waals surface area contributed by atoms with Gasteiger partial charge in [0.15, 0.2) is 0 Å². The Bertz CT molecular complexity index is 702. The van der Waals surface area contributed by atoms with E-state index in [1.807, 2.05) is 37.3 Å². The lowest BCUT2D eigenvalue weighted by Gasteiger charge is -2.13. The summed E-state index contributed by atoms with van der Waals surface area (Å²) in [4.78, 5) is 35.0. The number of benzene rings is 1. The fraction of sp³-hybridized carbons (Fsp3) is 0.312. The van der Waals surface area contributed by atoms with E-state index in [1.165, 1.54) is 0 Å². The summed E-state index contributed by atoms with van der Waals surface area (Å²) < 4.78 is 0. The van der Waals surface area contributed by atoms with Gasteiger partial charge in [-0.1, -0.05) is 30.3 Å². The van der Waals surface area contributed by atoms with Crippen molar-refractivity contribution < 1.29 is 14.4 Å². The van der Waals surface area contributed by atoms with Crippen LogP contribution in [0.25, 0.3) is 0 Å². The number of nitrogens with zero attached hydrogens (tertiary/aromatic N) is 2. The Morgan fingerprint density at radius 1 is 1.26 bits per heavy atom. The number of amides is 2. The molecule has 1 atom stereocenters. The quantitative estimate of drug-likeness (QED) is 0.802. The molecule has 1 aromatic carbocycles. The number of thioether (sulfide) groups is 1. The van der Waals surface area contributed by atoms with E-state index < -0.39 is 5.25 Å². The van der Waals surface area contributed by atoms with Crippen LogP contribution < -0.4 is 0 Å². The summed E-state index contributed by atoms with van der Waals surface area (Å²) in [6.07, 6.45) is 1.17. The number of hydrogen-bond donors (Lipinski definition) is 0. The molecule has 0 saturated carbocycles. The number of carbonyl (C=O) groups excluding carboxylic acids is 2. The molecular weight excluding hydrogens is 332 g/mol. The molecule has 0 radical (unpaired) electrons. The van der Waals surface area contributed by atoms with Gasteiger partial charge < -0.3 is 0 Å². The Labute approximate surface area is 142 Å². The number of hydrogen-bond acceptors (Lipinski definition) is 6. The number of thiazole rings is 1. The van der Waals surface area contributed by atoms with Crippen molar-refractivity contribution in [3.8, 4) is 0 Å². The molecule has 23 heavy (non-hydrogen) atoms. The van der Waals surface area contributed by atoms with Crippen molar-refractivity contribution in [3.63, 3.8) is 0 Å². The van der Waals surface area contributed by atoms with Crippen LogP contribution in [0.5, 0.6) is 0 Å². The van der Waals surface area contributed by atoms with Gasteiger partial charge in [0.1, 0.15) is 0 Å². The highest BCUT2D eigenvalue weighted by Crippen LogP contribution is 2.30. The molecule has 2 heterocycles. The van der Waals surface area contributed by atoms with Gasteiger partial charge in [-0.15, -0.1) is 16.4 Å². The Balaban J connectivity index is 1.55. The fourth-order valence-corrected chi connectivity index (χ4v) is 4.03. The van der Waals surface area contributed by atoms with Gasteiger partial charge in [0.25, 0.3) is 5.91 Å². The van der Waals surface area contributed by atoms with Crippen molar-refractivity contribution in [2.45, 2.75) is 25.0 Å². The molecule has 7 heteroatoms. The number of rotatable bonds is 6. The number of imide groups is 1. The van der Waals surface area contributed by atoms with E-state index >= 15 is 0 Å². The van der Waals surface area contributed by atoms with Crippen molar-refractivity contribution in [3.05, 3.63) is 52.0 Å². The zero-order valence-electron chi connectivity index (χ0n) is 12.6. The normalized spacial score (nSPS) is 18.0. The van der Waals surface area contributed by atoms with Crippen molar-refractivity contribution in [2.75, 3.05) is 6.61 Å². The molecule has 1 saturated heterocycles. The van der Waals surface area contributed by atoms with Gasteiger partial charge >= 0.3 is 5.24 Å². The lowest BCUT2D eigenvalue weighted by atomic mass is 10.1. The second-order valence-corrected chi connectivity index (χ2v) is 7.23. The van der Waals surface area contributed by atoms with Gasteiger partial charge in [0.2, 0.25) is 0 Å². The van der Waals surface area contributed by atoms with Crippen molar-refractivity contribution in [2.24, 2.45) is 0 Å². The minimum atomic E-state index is -0.407. The minimum absolute atomic E-state index is 0.273. The van der Waals surface area contributed by atoms with Crippen LogP contribution in [0.2, 0.25) is 0 Å². The zero-order valence-corrected chi connectivity index (χ0v) is 14.2. The van der Waals surface area contributed by atoms with Crippen LogP contribution in [0.4, 0.5) is 4.79 Å². The third-order valence-electron chi connectivity index (χ3n) is 3.54. The maximum Gasteiger partial charge on any atom is 0.313 e. The van der Waals surface area contributed by atoms with Gasteiger partial charge in [0, 0.05) is 11.3 Å². The molecule has 1 aromatic heterocycles. The molecule has 0 spiro atoms. The first-order valence-corrected chi connectivity index (χ1v) is 9.01. The van der Waals surface area contributed by atoms with Gasteiger partial charge in [0.05, 0.1) is 23.1 Å². The summed E-state index contributed by atoms with van der Waals surface area (Å²) in [5.41, 5.74) is 3.78. The summed E-state index contributed by atoms with van der Waals surface area (Å²) in [6.45, 7) is 2.23. The van der Waals surface area contributed by atoms with Crippen LogP contribution >= 0.6 is 23.1 Å². The van der Waals surface area contributed by atoms with Gasteiger partial charge in [-0.2, -0.15) is 0 Å². The lowest BCUT2D eigenvalue weighted by molar-refractivity contribution is -0.163. The van der Waals surface area contributed by atoms with Crippen LogP contribution in [0.15, 0.2) is 35.8 Å². The third-order valence-corrected chi connectivity index (χ3v) is 5.56. The van der Waals surface area contributed by atoms with E-state index in [4.69, 9.17) is 4.84 Å². The topological polar surface area (TPSA) is 59.5 Å². The van der Waals surface area contributed by atoms with E-state index in [1.54, 1.807) is 16.8 Å². The third kappa shape index (κ3) is 3.80. The predicted octanol–water partition coefficient (Wildman–Crippen LogP) is 3.23. The van der Waals surface area contributed by atoms with Crippen molar-refractivity contribution in [1.82, 2.24) is 10.0 Å². The number of aryl methyl sites for hydroxylation is 1. The van der Waals surface area contributed by atoms with Gasteiger partial charge in [-0.3, -0.25) is 14.4 Å². The first kappa shape index (κ1) is 16.2. The second-order valence-electron chi connectivity index (χ2n) is 5.14. The van der Waals surface area contributed by atoms with E-state index in [0.29, 0.717) is 19.4 Å². The molecule has 0 N–H and O–H groups in total. The highest BCUT2D eigenvalue weighted by Gasteiger charge is 2.40. The van der Waals surface area contributed by atoms with Crippen LogP contribution in [0, 0.1) is 6.92 Å². The highest BCUT2D eigenvalue weighted by atomic mass is 32.2. The van der Waals surface area contributed by atoms with Crippen molar-refractivity contribution >= 4 is 34.2 Å². The second kappa shape index (κ2) is 7.25. The first-order valence-electron chi connectivity index (χ1n) is 7.25. The standard InChI is InChI=1S/C16H16N2O3S2/c1-11-13(22-10-17-11)7-8-21-18-15(19)14(23-16(18)20)9-12-5-3-2-4-6-12/h2-6,10,14H,7-9H2,1H3. The molecule has 5 nitrogen and oxygen atoms in total. The summed E-state index contributed by atoms with van der Waals surface area (Å²) in [5.74, 6) is -0.273. The maximum absolute atomic E-state index is 12.3. The number of aromatic nitrogens is 1. The molecule has 1 fully saturated rings. The molecule has 0 aliphatic carbocycles. The average molecular weight is 348 g/mol.